The largest absolute Gasteiger partial charge is 0.372 e. The van der Waals surface area contributed by atoms with E-state index in [1.54, 1.807) is 0 Å². The molecule has 0 unspecified atom stereocenters. The summed E-state index contributed by atoms with van der Waals surface area (Å²) in [5, 5.41) is 12.5. The molecule has 0 spiro atoms. The lowest BCUT2D eigenvalue weighted by atomic mass is 10.3. The third-order valence-corrected chi connectivity index (χ3v) is 2.50. The fourth-order valence-corrected chi connectivity index (χ4v) is 1.48. The molecule has 18 heavy (non-hydrogen) atoms. The standard InChI is InChI=1S/C8H6BrF4N3O2/c9-4-1-14-2-5(16(17)18)6(4)15-3-8(12,13)7(10)11/h1-2,7H,3H2,(H,14,15). The van der Waals surface area contributed by atoms with Gasteiger partial charge in [-0.05, 0) is 15.9 Å². The van der Waals surface area contributed by atoms with E-state index in [0.717, 1.165) is 12.4 Å². The zero-order valence-corrected chi connectivity index (χ0v) is 10.1. The molecule has 0 bridgehead atoms. The summed E-state index contributed by atoms with van der Waals surface area (Å²) in [6.45, 7) is -1.42. The Kier molecular flexibility index (Phi) is 4.43. The smallest absolute Gasteiger partial charge is 0.324 e. The second-order valence-electron chi connectivity index (χ2n) is 3.19. The molecule has 1 rings (SSSR count). The van der Waals surface area contributed by atoms with Crippen LogP contribution in [0.3, 0.4) is 0 Å². The molecule has 1 aromatic heterocycles. The fourth-order valence-electron chi connectivity index (χ4n) is 1.02. The number of hydrogen-bond acceptors (Lipinski definition) is 4. The number of aromatic nitrogens is 1. The number of rotatable bonds is 5. The number of anilines is 1. The number of alkyl halides is 4. The molecule has 0 aromatic carbocycles. The molecule has 5 nitrogen and oxygen atoms in total. The van der Waals surface area contributed by atoms with Crippen molar-refractivity contribution in [3.8, 4) is 0 Å². The van der Waals surface area contributed by atoms with Gasteiger partial charge in [-0.25, -0.2) is 8.78 Å². The van der Waals surface area contributed by atoms with Crippen molar-refractivity contribution < 1.29 is 22.5 Å². The Balaban J connectivity index is 2.95. The molecule has 0 radical (unpaired) electrons. The Hall–Kier alpha value is -1.45. The molecular formula is C8H6BrF4N3O2. The number of nitrogens with zero attached hydrogens (tertiary/aromatic N) is 2. The van der Waals surface area contributed by atoms with Gasteiger partial charge in [-0.2, -0.15) is 8.78 Å². The summed E-state index contributed by atoms with van der Waals surface area (Å²) in [6.07, 6.45) is -1.91. The molecule has 0 saturated heterocycles. The molecule has 0 atom stereocenters. The lowest BCUT2D eigenvalue weighted by Gasteiger charge is -2.16. The van der Waals surface area contributed by atoms with Gasteiger partial charge in [0.1, 0.15) is 11.9 Å². The molecule has 10 heteroatoms. The molecule has 0 amide bonds. The SMILES string of the molecule is O=[N+]([O-])c1cncc(Br)c1NCC(F)(F)C(F)F. The number of nitro groups is 1. The summed E-state index contributed by atoms with van der Waals surface area (Å²) in [5.74, 6) is -4.28. The van der Waals surface area contributed by atoms with Crippen LogP contribution in [-0.2, 0) is 0 Å². The van der Waals surface area contributed by atoms with Crippen LogP contribution in [0.2, 0.25) is 0 Å². The molecule has 100 valence electrons. The van der Waals surface area contributed by atoms with E-state index < -0.39 is 29.5 Å². The average molecular weight is 332 g/mol. The van der Waals surface area contributed by atoms with E-state index in [0.29, 0.717) is 0 Å². The number of halogens is 5. The van der Waals surface area contributed by atoms with Crippen LogP contribution in [0.1, 0.15) is 0 Å². The van der Waals surface area contributed by atoms with Gasteiger partial charge in [0.05, 0.1) is 15.9 Å². The maximum atomic E-state index is 12.7. The van der Waals surface area contributed by atoms with E-state index in [1.807, 2.05) is 5.32 Å². The van der Waals surface area contributed by atoms with Crippen LogP contribution in [0.4, 0.5) is 28.9 Å². The molecule has 1 heterocycles. The van der Waals surface area contributed by atoms with E-state index >= 15 is 0 Å². The monoisotopic (exact) mass is 331 g/mol. The van der Waals surface area contributed by atoms with Gasteiger partial charge in [0.25, 0.3) is 0 Å². The van der Waals surface area contributed by atoms with Crippen molar-refractivity contribution in [2.24, 2.45) is 0 Å². The maximum absolute atomic E-state index is 12.7. The summed E-state index contributed by atoms with van der Waals surface area (Å²) in [5.41, 5.74) is -0.912. The van der Waals surface area contributed by atoms with Gasteiger partial charge in [-0.1, -0.05) is 0 Å². The van der Waals surface area contributed by atoms with Crippen LogP contribution >= 0.6 is 15.9 Å². The van der Waals surface area contributed by atoms with Crippen molar-refractivity contribution in [3.63, 3.8) is 0 Å². The molecule has 0 saturated carbocycles. The molecule has 0 aliphatic rings. The maximum Gasteiger partial charge on any atom is 0.324 e. The summed E-state index contributed by atoms with van der Waals surface area (Å²) in [6, 6.07) is 0. The average Bonchev–Trinajstić information content (AvgIpc) is 2.26. The van der Waals surface area contributed by atoms with E-state index in [2.05, 4.69) is 20.9 Å². The molecule has 0 aliphatic carbocycles. The van der Waals surface area contributed by atoms with Crippen LogP contribution < -0.4 is 5.32 Å². The van der Waals surface area contributed by atoms with E-state index in [9.17, 15) is 27.7 Å². The Labute approximate surface area is 106 Å². The molecule has 0 aliphatic heterocycles. The minimum atomic E-state index is -4.28. The zero-order valence-electron chi connectivity index (χ0n) is 8.54. The van der Waals surface area contributed by atoms with Gasteiger partial charge in [0, 0.05) is 6.20 Å². The molecular weight excluding hydrogens is 326 g/mol. The van der Waals surface area contributed by atoms with Gasteiger partial charge in [-0.15, -0.1) is 0 Å². The van der Waals surface area contributed by atoms with Crippen molar-refractivity contribution in [1.82, 2.24) is 4.98 Å². The first kappa shape index (κ1) is 14.6. The van der Waals surface area contributed by atoms with Crippen molar-refractivity contribution in [3.05, 3.63) is 27.0 Å². The third-order valence-electron chi connectivity index (χ3n) is 1.90. The van der Waals surface area contributed by atoms with Crippen LogP contribution in [0.25, 0.3) is 0 Å². The molecule has 1 N–H and O–H groups in total. The summed E-state index contributed by atoms with van der Waals surface area (Å²) >= 11 is 2.86. The van der Waals surface area contributed by atoms with Gasteiger partial charge in [0.15, 0.2) is 0 Å². The first-order valence-corrected chi connectivity index (χ1v) is 5.22. The second kappa shape index (κ2) is 5.46. The quantitative estimate of drug-likeness (QED) is 0.511. The van der Waals surface area contributed by atoms with Gasteiger partial charge in [-0.3, -0.25) is 15.1 Å². The van der Waals surface area contributed by atoms with Crippen LogP contribution in [0.5, 0.6) is 0 Å². The predicted octanol–water partition coefficient (Wildman–Crippen LogP) is 3.06. The Bertz CT molecular complexity index is 458. The topological polar surface area (TPSA) is 68.1 Å². The van der Waals surface area contributed by atoms with Crippen molar-refractivity contribution >= 4 is 27.3 Å². The van der Waals surface area contributed by atoms with Gasteiger partial charge in [0.2, 0.25) is 0 Å². The summed E-state index contributed by atoms with van der Waals surface area (Å²) < 4.78 is 49.3. The highest BCUT2D eigenvalue weighted by Crippen LogP contribution is 2.32. The van der Waals surface area contributed by atoms with Gasteiger partial charge < -0.3 is 5.32 Å². The third kappa shape index (κ3) is 3.28. The predicted molar refractivity (Wildman–Crippen MR) is 58.0 cm³/mol. The lowest BCUT2D eigenvalue weighted by molar-refractivity contribution is -0.384. The zero-order chi connectivity index (χ0) is 13.9. The molecule has 1 aromatic rings. The lowest BCUT2D eigenvalue weighted by Crippen LogP contribution is -2.35. The summed E-state index contributed by atoms with van der Waals surface area (Å²) in [4.78, 5) is 13.2. The number of nitrogens with one attached hydrogen (secondary N) is 1. The Morgan fingerprint density at radius 2 is 2.11 bits per heavy atom. The highest BCUT2D eigenvalue weighted by atomic mass is 79.9. The molecule has 0 fully saturated rings. The van der Waals surface area contributed by atoms with Crippen LogP contribution in [0, 0.1) is 10.1 Å². The minimum absolute atomic E-state index is 0.0294. The fraction of sp³-hybridized carbons (Fsp3) is 0.375. The first-order valence-electron chi connectivity index (χ1n) is 4.43. The second-order valence-corrected chi connectivity index (χ2v) is 4.04. The van der Waals surface area contributed by atoms with Crippen molar-refractivity contribution in [2.45, 2.75) is 12.3 Å². The van der Waals surface area contributed by atoms with Crippen LogP contribution in [0.15, 0.2) is 16.9 Å². The normalized spacial score (nSPS) is 11.7. The van der Waals surface area contributed by atoms with Gasteiger partial charge >= 0.3 is 18.0 Å². The Morgan fingerprint density at radius 3 is 2.61 bits per heavy atom. The highest BCUT2D eigenvalue weighted by Gasteiger charge is 2.41. The van der Waals surface area contributed by atoms with E-state index in [1.165, 1.54) is 0 Å². The first-order chi connectivity index (χ1) is 8.25. The van der Waals surface area contributed by atoms with E-state index in [4.69, 9.17) is 0 Å². The van der Waals surface area contributed by atoms with Crippen molar-refractivity contribution in [2.75, 3.05) is 11.9 Å². The minimum Gasteiger partial charge on any atom is -0.372 e. The number of hydrogen-bond donors (Lipinski definition) is 1. The van der Waals surface area contributed by atoms with E-state index in [-0.39, 0.29) is 10.2 Å². The van der Waals surface area contributed by atoms with Crippen LogP contribution in [-0.4, -0.2) is 28.8 Å². The highest BCUT2D eigenvalue weighted by molar-refractivity contribution is 9.10. The Morgan fingerprint density at radius 1 is 1.50 bits per heavy atom. The van der Waals surface area contributed by atoms with Crippen molar-refractivity contribution in [1.29, 1.82) is 0 Å². The summed E-state index contributed by atoms with van der Waals surface area (Å²) in [7, 11) is 0. The number of pyridine rings is 1.